The molecule has 4 rings (SSSR count). The van der Waals surface area contributed by atoms with Crippen LogP contribution in [-0.2, 0) is 6.42 Å². The maximum absolute atomic E-state index is 6.57. The second-order valence-electron chi connectivity index (χ2n) is 9.50. The van der Waals surface area contributed by atoms with E-state index in [9.17, 15) is 0 Å². The van der Waals surface area contributed by atoms with Gasteiger partial charge in [0.25, 0.3) is 0 Å². The topological polar surface area (TPSA) is 12.9 Å². The summed E-state index contributed by atoms with van der Waals surface area (Å²) in [6.07, 6.45) is 5.98. The van der Waals surface area contributed by atoms with Gasteiger partial charge in [-0.15, -0.1) is 11.3 Å². The van der Waals surface area contributed by atoms with Crippen LogP contribution in [0.1, 0.15) is 44.7 Å². The number of pyridine rings is 1. The second-order valence-corrected chi connectivity index (χ2v) is 15.5. The van der Waals surface area contributed by atoms with Gasteiger partial charge in [-0.25, -0.2) is 4.98 Å². The number of aromatic nitrogens is 1. The molecule has 0 amide bonds. The standard InChI is InChI=1S/C22H28ClNSSi/c1-14-15(12-22(2,3)4)8-9-16-18-17(26(5)10-6-7-11-26)13-24-21(23)20(18)25-19(14)16/h8-9,13H,6-7,10-12H2,1-5H3. The summed E-state index contributed by atoms with van der Waals surface area (Å²) in [5, 5.41) is 5.05. The van der Waals surface area contributed by atoms with Crippen molar-refractivity contribution in [2.75, 3.05) is 0 Å². The molecule has 26 heavy (non-hydrogen) atoms. The van der Waals surface area contributed by atoms with Gasteiger partial charge in [-0.05, 0) is 35.1 Å². The van der Waals surface area contributed by atoms with Crippen LogP contribution in [-0.4, -0.2) is 13.1 Å². The van der Waals surface area contributed by atoms with Gasteiger partial charge in [0.05, 0.1) is 12.8 Å². The Morgan fingerprint density at radius 3 is 2.50 bits per heavy atom. The van der Waals surface area contributed by atoms with Gasteiger partial charge < -0.3 is 0 Å². The first kappa shape index (κ1) is 18.5. The summed E-state index contributed by atoms with van der Waals surface area (Å²) in [5.74, 6) is 0. The zero-order chi connectivity index (χ0) is 18.7. The van der Waals surface area contributed by atoms with Crippen LogP contribution in [0.2, 0.25) is 23.8 Å². The highest BCUT2D eigenvalue weighted by Gasteiger charge is 2.36. The molecule has 0 aliphatic carbocycles. The highest BCUT2D eigenvalue weighted by molar-refractivity contribution is 7.27. The van der Waals surface area contributed by atoms with E-state index in [-0.39, 0.29) is 0 Å². The Labute approximate surface area is 166 Å². The van der Waals surface area contributed by atoms with Gasteiger partial charge in [-0.2, -0.15) is 0 Å². The third-order valence-electron chi connectivity index (χ3n) is 6.06. The minimum absolute atomic E-state index is 0.295. The normalized spacial score (nSPS) is 17.5. The molecule has 0 spiro atoms. The van der Waals surface area contributed by atoms with Crippen molar-refractivity contribution in [3.05, 3.63) is 34.6 Å². The molecule has 1 aromatic carbocycles. The molecule has 0 unspecified atom stereocenters. The molecule has 0 atom stereocenters. The summed E-state index contributed by atoms with van der Waals surface area (Å²) >= 11 is 8.42. The lowest BCUT2D eigenvalue weighted by molar-refractivity contribution is 0.410. The van der Waals surface area contributed by atoms with Crippen LogP contribution in [0.15, 0.2) is 18.3 Å². The third kappa shape index (κ3) is 3.02. The second kappa shape index (κ2) is 6.32. The van der Waals surface area contributed by atoms with Crippen LogP contribution in [0.4, 0.5) is 0 Å². The van der Waals surface area contributed by atoms with Gasteiger partial charge in [0.2, 0.25) is 0 Å². The van der Waals surface area contributed by atoms with E-state index >= 15 is 0 Å². The largest absolute Gasteiger partial charge is 0.243 e. The van der Waals surface area contributed by atoms with Gasteiger partial charge >= 0.3 is 0 Å². The number of benzene rings is 1. The Kier molecular flexibility index (Phi) is 4.49. The predicted octanol–water partition coefficient (Wildman–Crippen LogP) is 7.08. The van der Waals surface area contributed by atoms with E-state index in [0.717, 1.165) is 6.42 Å². The van der Waals surface area contributed by atoms with Crippen molar-refractivity contribution in [3.8, 4) is 0 Å². The molecule has 1 saturated heterocycles. The summed E-state index contributed by atoms with van der Waals surface area (Å²) in [5.41, 5.74) is 3.19. The smallest absolute Gasteiger partial charge is 0.146 e. The van der Waals surface area contributed by atoms with Gasteiger partial charge in [0.15, 0.2) is 0 Å². The van der Waals surface area contributed by atoms with Gasteiger partial charge in [0, 0.05) is 21.7 Å². The molecule has 4 heteroatoms. The van der Waals surface area contributed by atoms with E-state index in [4.69, 9.17) is 11.6 Å². The predicted molar refractivity (Wildman–Crippen MR) is 120 cm³/mol. The van der Waals surface area contributed by atoms with E-state index in [1.54, 1.807) is 5.19 Å². The summed E-state index contributed by atoms with van der Waals surface area (Å²) in [7, 11) is -1.41. The third-order valence-corrected chi connectivity index (χ3v) is 12.4. The number of halogens is 1. The number of thiophene rings is 1. The number of hydrogen-bond acceptors (Lipinski definition) is 2. The molecule has 3 aromatic rings. The van der Waals surface area contributed by atoms with E-state index in [2.05, 4.69) is 57.6 Å². The van der Waals surface area contributed by atoms with E-state index < -0.39 is 8.07 Å². The van der Waals surface area contributed by atoms with Crippen LogP contribution in [0.3, 0.4) is 0 Å². The van der Waals surface area contributed by atoms with E-state index in [1.165, 1.54) is 56.2 Å². The molecule has 1 nitrogen and oxygen atoms in total. The van der Waals surface area contributed by atoms with Gasteiger partial charge in [-0.3, -0.25) is 0 Å². The zero-order valence-electron chi connectivity index (χ0n) is 16.5. The molecule has 3 heterocycles. The molecule has 1 aliphatic rings. The molecule has 0 bridgehead atoms. The Balaban J connectivity index is 2.00. The zero-order valence-corrected chi connectivity index (χ0v) is 19.1. The summed E-state index contributed by atoms with van der Waals surface area (Å²) in [4.78, 5) is 4.61. The minimum Gasteiger partial charge on any atom is -0.243 e. The Morgan fingerprint density at radius 1 is 1.15 bits per heavy atom. The molecule has 138 valence electrons. The summed E-state index contributed by atoms with van der Waals surface area (Å²) < 4.78 is 2.62. The van der Waals surface area contributed by atoms with Crippen LogP contribution in [0.5, 0.6) is 0 Å². The molecular weight excluding hydrogens is 374 g/mol. The lowest BCUT2D eigenvalue weighted by atomic mass is 9.86. The first-order valence-corrected chi connectivity index (χ1v) is 13.8. The van der Waals surface area contributed by atoms with Crippen molar-refractivity contribution in [3.63, 3.8) is 0 Å². The molecular formula is C22H28ClNSSi. The molecule has 0 saturated carbocycles. The molecule has 1 aliphatic heterocycles. The lowest BCUT2D eigenvalue weighted by Gasteiger charge is -2.23. The Morgan fingerprint density at radius 2 is 1.85 bits per heavy atom. The lowest BCUT2D eigenvalue weighted by Crippen LogP contribution is -2.42. The average Bonchev–Trinajstić information content (AvgIpc) is 3.15. The van der Waals surface area contributed by atoms with Crippen LogP contribution in [0, 0.1) is 12.3 Å². The first-order chi connectivity index (χ1) is 12.2. The van der Waals surface area contributed by atoms with E-state index in [1.807, 2.05) is 11.3 Å². The number of aryl methyl sites for hydroxylation is 1. The first-order valence-electron chi connectivity index (χ1n) is 9.69. The van der Waals surface area contributed by atoms with Crippen LogP contribution < -0.4 is 5.19 Å². The minimum atomic E-state index is -1.41. The highest BCUT2D eigenvalue weighted by Crippen LogP contribution is 2.42. The number of rotatable bonds is 2. The maximum Gasteiger partial charge on any atom is 0.146 e. The number of nitrogens with zero attached hydrogens (tertiary/aromatic N) is 1. The Hall–Kier alpha value is -0.903. The number of hydrogen-bond donors (Lipinski definition) is 0. The fourth-order valence-electron chi connectivity index (χ4n) is 4.64. The van der Waals surface area contributed by atoms with Crippen molar-refractivity contribution in [2.24, 2.45) is 5.41 Å². The van der Waals surface area contributed by atoms with Crippen molar-refractivity contribution < 1.29 is 0 Å². The molecule has 0 N–H and O–H groups in total. The van der Waals surface area contributed by atoms with Crippen molar-refractivity contribution in [1.29, 1.82) is 0 Å². The highest BCUT2D eigenvalue weighted by atomic mass is 35.5. The SMILES string of the molecule is Cc1c(CC(C)(C)C)ccc2c1sc1c(Cl)ncc([Si]3(C)CCCC3)c12. The van der Waals surface area contributed by atoms with Gasteiger partial charge in [0.1, 0.15) is 5.15 Å². The maximum atomic E-state index is 6.57. The van der Waals surface area contributed by atoms with Crippen LogP contribution in [0.25, 0.3) is 20.2 Å². The monoisotopic (exact) mass is 401 g/mol. The van der Waals surface area contributed by atoms with E-state index in [0.29, 0.717) is 10.6 Å². The Bertz CT molecular complexity index is 993. The summed E-state index contributed by atoms with van der Waals surface area (Å²) in [6.45, 7) is 11.8. The summed E-state index contributed by atoms with van der Waals surface area (Å²) in [6, 6.07) is 7.49. The van der Waals surface area contributed by atoms with Crippen molar-refractivity contribution in [2.45, 2.75) is 65.6 Å². The van der Waals surface area contributed by atoms with Gasteiger partial charge in [-0.1, -0.05) is 76.0 Å². The average molecular weight is 402 g/mol. The fraction of sp³-hybridized carbons (Fsp3) is 0.500. The van der Waals surface area contributed by atoms with Crippen molar-refractivity contribution >= 4 is 56.4 Å². The molecule has 1 fully saturated rings. The fourth-order valence-corrected chi connectivity index (χ4v) is 10.3. The van der Waals surface area contributed by atoms with Crippen LogP contribution >= 0.6 is 22.9 Å². The van der Waals surface area contributed by atoms with Crippen molar-refractivity contribution in [1.82, 2.24) is 4.98 Å². The molecule has 0 radical (unpaired) electrons. The molecule has 2 aromatic heterocycles. The number of fused-ring (bicyclic) bond motifs is 3. The quantitative estimate of drug-likeness (QED) is 0.330.